The lowest BCUT2D eigenvalue weighted by Crippen LogP contribution is -2.34. The van der Waals surface area contributed by atoms with Crippen LogP contribution in [0.25, 0.3) is 11.1 Å². The summed E-state index contributed by atoms with van der Waals surface area (Å²) in [5.41, 5.74) is 2.20. The van der Waals surface area contributed by atoms with Gasteiger partial charge in [0.25, 0.3) is 0 Å². The third-order valence-corrected chi connectivity index (χ3v) is 3.32. The van der Waals surface area contributed by atoms with Crippen molar-refractivity contribution >= 4 is 0 Å². The lowest BCUT2D eigenvalue weighted by molar-refractivity contribution is 0.156. The first-order chi connectivity index (χ1) is 9.42. The van der Waals surface area contributed by atoms with E-state index < -0.39 is 0 Å². The van der Waals surface area contributed by atoms with Crippen molar-refractivity contribution in [1.82, 2.24) is 15.3 Å². The second-order valence-corrected chi connectivity index (χ2v) is 4.69. The van der Waals surface area contributed by atoms with Crippen LogP contribution < -0.4 is 10.1 Å². The maximum atomic E-state index is 5.88. The van der Waals surface area contributed by atoms with Gasteiger partial charge in [-0.1, -0.05) is 0 Å². The Morgan fingerprint density at radius 2 is 1.79 bits per heavy atom. The van der Waals surface area contributed by atoms with Gasteiger partial charge in [0, 0.05) is 30.2 Å². The fourth-order valence-electron chi connectivity index (χ4n) is 2.25. The zero-order valence-electron chi connectivity index (χ0n) is 10.7. The maximum Gasteiger partial charge on any atom is 0.213 e. The monoisotopic (exact) mass is 255 g/mol. The molecule has 98 valence electrons. The van der Waals surface area contributed by atoms with Crippen molar-refractivity contribution in [2.75, 3.05) is 13.1 Å². The van der Waals surface area contributed by atoms with Crippen molar-refractivity contribution in [3.8, 4) is 17.0 Å². The van der Waals surface area contributed by atoms with Crippen molar-refractivity contribution in [2.45, 2.75) is 18.9 Å². The molecule has 1 aliphatic heterocycles. The minimum Gasteiger partial charge on any atom is -0.474 e. The predicted molar refractivity (Wildman–Crippen MR) is 74.0 cm³/mol. The van der Waals surface area contributed by atoms with Crippen molar-refractivity contribution in [2.24, 2.45) is 0 Å². The van der Waals surface area contributed by atoms with Crippen LogP contribution in [0.2, 0.25) is 0 Å². The van der Waals surface area contributed by atoms with Gasteiger partial charge in [-0.25, -0.2) is 4.98 Å². The number of piperidine rings is 1. The summed E-state index contributed by atoms with van der Waals surface area (Å²) in [6, 6.07) is 7.94. The molecule has 0 saturated carbocycles. The lowest BCUT2D eigenvalue weighted by atomic mass is 10.1. The van der Waals surface area contributed by atoms with Crippen LogP contribution in [0, 0.1) is 0 Å². The Morgan fingerprint density at radius 1 is 1.00 bits per heavy atom. The zero-order chi connectivity index (χ0) is 12.9. The number of ether oxygens (including phenoxy) is 1. The second kappa shape index (κ2) is 5.80. The molecule has 0 atom stereocenters. The van der Waals surface area contributed by atoms with Gasteiger partial charge in [-0.3, -0.25) is 4.98 Å². The van der Waals surface area contributed by atoms with E-state index in [1.807, 2.05) is 30.5 Å². The number of rotatable bonds is 3. The van der Waals surface area contributed by atoms with Gasteiger partial charge in [-0.2, -0.15) is 0 Å². The van der Waals surface area contributed by atoms with Crippen molar-refractivity contribution in [3.63, 3.8) is 0 Å². The first-order valence-corrected chi connectivity index (χ1v) is 6.66. The van der Waals surface area contributed by atoms with Gasteiger partial charge in [0.15, 0.2) is 0 Å². The molecule has 1 aliphatic rings. The molecule has 0 spiro atoms. The van der Waals surface area contributed by atoms with Crippen LogP contribution in [0.15, 0.2) is 42.9 Å². The topological polar surface area (TPSA) is 47.0 Å². The molecule has 0 bridgehead atoms. The van der Waals surface area contributed by atoms with E-state index in [1.54, 1.807) is 12.4 Å². The normalized spacial score (nSPS) is 16.2. The van der Waals surface area contributed by atoms with Crippen LogP contribution in [0.5, 0.6) is 5.88 Å². The SMILES string of the molecule is c1cc(-c2ccc(OC3CCNCC3)nc2)ccn1. The quantitative estimate of drug-likeness (QED) is 0.914. The van der Waals surface area contributed by atoms with Crippen LogP contribution in [0.3, 0.4) is 0 Å². The fraction of sp³-hybridized carbons (Fsp3) is 0.333. The minimum atomic E-state index is 0.292. The highest BCUT2D eigenvalue weighted by atomic mass is 16.5. The number of nitrogens with one attached hydrogen (secondary N) is 1. The van der Waals surface area contributed by atoms with Crippen molar-refractivity contribution in [1.29, 1.82) is 0 Å². The van der Waals surface area contributed by atoms with Gasteiger partial charge < -0.3 is 10.1 Å². The highest BCUT2D eigenvalue weighted by Crippen LogP contribution is 2.20. The van der Waals surface area contributed by atoms with Gasteiger partial charge in [-0.05, 0) is 49.7 Å². The molecule has 1 fully saturated rings. The summed E-state index contributed by atoms with van der Waals surface area (Å²) in [5, 5.41) is 3.32. The highest BCUT2D eigenvalue weighted by molar-refractivity contribution is 5.61. The molecule has 2 aromatic heterocycles. The maximum absolute atomic E-state index is 5.88. The van der Waals surface area contributed by atoms with Gasteiger partial charge >= 0.3 is 0 Å². The number of pyridine rings is 2. The lowest BCUT2D eigenvalue weighted by Gasteiger charge is -2.23. The summed E-state index contributed by atoms with van der Waals surface area (Å²) in [5.74, 6) is 0.713. The van der Waals surface area contributed by atoms with Crippen LogP contribution >= 0.6 is 0 Å². The van der Waals surface area contributed by atoms with Crippen molar-refractivity contribution < 1.29 is 4.74 Å². The summed E-state index contributed by atoms with van der Waals surface area (Å²) in [7, 11) is 0. The average Bonchev–Trinajstić information content (AvgIpc) is 2.50. The van der Waals surface area contributed by atoms with E-state index in [9.17, 15) is 0 Å². The summed E-state index contributed by atoms with van der Waals surface area (Å²) in [4.78, 5) is 8.40. The summed E-state index contributed by atoms with van der Waals surface area (Å²) >= 11 is 0. The number of hydrogen-bond donors (Lipinski definition) is 1. The summed E-state index contributed by atoms with van der Waals surface area (Å²) in [6.45, 7) is 2.06. The van der Waals surface area contributed by atoms with Gasteiger partial charge in [0.1, 0.15) is 6.10 Å². The molecule has 3 heterocycles. The summed E-state index contributed by atoms with van der Waals surface area (Å²) < 4.78 is 5.88. The highest BCUT2D eigenvalue weighted by Gasteiger charge is 2.14. The average molecular weight is 255 g/mol. The number of nitrogens with zero attached hydrogens (tertiary/aromatic N) is 2. The first-order valence-electron chi connectivity index (χ1n) is 6.66. The van der Waals surface area contributed by atoms with Gasteiger partial charge in [-0.15, -0.1) is 0 Å². The minimum absolute atomic E-state index is 0.292. The summed E-state index contributed by atoms with van der Waals surface area (Å²) in [6.07, 6.45) is 7.82. The van der Waals surface area contributed by atoms with E-state index in [0.29, 0.717) is 12.0 Å². The predicted octanol–water partition coefficient (Wildman–Crippen LogP) is 2.27. The van der Waals surface area contributed by atoms with Crippen LogP contribution in [-0.4, -0.2) is 29.2 Å². The Kier molecular flexibility index (Phi) is 3.70. The molecule has 0 aliphatic carbocycles. The smallest absolute Gasteiger partial charge is 0.213 e. The first kappa shape index (κ1) is 12.1. The molecule has 1 saturated heterocycles. The Morgan fingerprint density at radius 3 is 2.47 bits per heavy atom. The molecule has 2 aromatic rings. The zero-order valence-corrected chi connectivity index (χ0v) is 10.7. The number of aromatic nitrogens is 2. The molecule has 19 heavy (non-hydrogen) atoms. The molecule has 1 N–H and O–H groups in total. The second-order valence-electron chi connectivity index (χ2n) is 4.69. The third-order valence-electron chi connectivity index (χ3n) is 3.32. The van der Waals surface area contributed by atoms with Crippen LogP contribution in [0.1, 0.15) is 12.8 Å². The van der Waals surface area contributed by atoms with Crippen molar-refractivity contribution in [3.05, 3.63) is 42.9 Å². The van der Waals surface area contributed by atoms with E-state index in [4.69, 9.17) is 4.74 Å². The van der Waals surface area contributed by atoms with Gasteiger partial charge in [0.05, 0.1) is 0 Å². The Hall–Kier alpha value is -1.94. The van der Waals surface area contributed by atoms with E-state index in [1.165, 1.54) is 0 Å². The molecular weight excluding hydrogens is 238 g/mol. The third kappa shape index (κ3) is 3.09. The Balaban J connectivity index is 1.68. The fourth-order valence-corrected chi connectivity index (χ4v) is 2.25. The van der Waals surface area contributed by atoms with E-state index in [2.05, 4.69) is 15.3 Å². The Bertz CT molecular complexity index is 507. The van der Waals surface area contributed by atoms with Gasteiger partial charge in [0.2, 0.25) is 5.88 Å². The molecule has 0 unspecified atom stereocenters. The van der Waals surface area contributed by atoms with Crippen LogP contribution in [0.4, 0.5) is 0 Å². The van der Waals surface area contributed by atoms with E-state index in [-0.39, 0.29) is 0 Å². The Labute approximate surface area is 112 Å². The standard InChI is InChI=1S/C15H17N3O/c1-2-15(19-14-5-9-17-10-6-14)18-11-13(1)12-3-7-16-8-4-12/h1-4,7-8,11,14,17H,5-6,9-10H2. The largest absolute Gasteiger partial charge is 0.474 e. The molecule has 0 amide bonds. The molecular formula is C15H17N3O. The van der Waals surface area contributed by atoms with Crippen LogP contribution in [-0.2, 0) is 0 Å². The molecule has 0 radical (unpaired) electrons. The van der Waals surface area contributed by atoms with E-state index >= 15 is 0 Å². The molecule has 4 heteroatoms. The molecule has 4 nitrogen and oxygen atoms in total. The molecule has 0 aromatic carbocycles. The van der Waals surface area contributed by atoms with E-state index in [0.717, 1.165) is 37.1 Å². The number of hydrogen-bond acceptors (Lipinski definition) is 4. The molecule has 3 rings (SSSR count).